The van der Waals surface area contributed by atoms with Gasteiger partial charge < -0.3 is 4.90 Å². The molecule has 0 N–H and O–H groups in total. The number of hydrogen-bond donors (Lipinski definition) is 0. The first-order valence-electron chi connectivity index (χ1n) is 10.1. The van der Waals surface area contributed by atoms with Crippen molar-refractivity contribution in [3.05, 3.63) is 60.6 Å². The van der Waals surface area contributed by atoms with Gasteiger partial charge in [0.2, 0.25) is 0 Å². The molecule has 0 radical (unpaired) electrons. The molecule has 0 amide bonds. The van der Waals surface area contributed by atoms with Gasteiger partial charge in [0.05, 0.1) is 5.52 Å². The summed E-state index contributed by atoms with van der Waals surface area (Å²) >= 11 is 0. The smallest absolute Gasteiger partial charge is 0.371 e. The van der Waals surface area contributed by atoms with E-state index < -0.39 is 11.9 Å². The first-order valence-corrected chi connectivity index (χ1v) is 10.1. The molecule has 2 aromatic heterocycles. The number of fused-ring (bicyclic) bond motifs is 1. The number of pyridine rings is 1. The van der Waals surface area contributed by atoms with E-state index in [-0.39, 0.29) is 5.69 Å². The third kappa shape index (κ3) is 3.49. The van der Waals surface area contributed by atoms with Gasteiger partial charge in [-0.25, -0.2) is 4.98 Å². The summed E-state index contributed by atoms with van der Waals surface area (Å²) in [6, 6.07) is 14.4. The summed E-state index contributed by atoms with van der Waals surface area (Å²) in [5, 5.41) is 11.6. The van der Waals surface area contributed by atoms with Crippen LogP contribution < -0.4 is 4.90 Å². The second-order valence-electron chi connectivity index (χ2n) is 7.52. The van der Waals surface area contributed by atoms with Crippen LogP contribution in [0.2, 0.25) is 0 Å². The van der Waals surface area contributed by atoms with Gasteiger partial charge in [-0.1, -0.05) is 36.4 Å². The van der Waals surface area contributed by atoms with Crippen molar-refractivity contribution in [2.45, 2.75) is 25.4 Å². The Bertz CT molecular complexity index is 1200. The Kier molecular flexibility index (Phi) is 4.80. The zero-order valence-electron chi connectivity index (χ0n) is 16.5. The largest absolute Gasteiger partial charge is 0.435 e. The molecule has 9 heteroatoms. The lowest BCUT2D eigenvalue weighted by Crippen LogP contribution is -2.29. The molecule has 1 saturated heterocycles. The van der Waals surface area contributed by atoms with E-state index in [0.29, 0.717) is 22.0 Å². The molecule has 0 saturated carbocycles. The Balaban J connectivity index is 1.93. The van der Waals surface area contributed by atoms with Gasteiger partial charge in [0.15, 0.2) is 5.69 Å². The molecule has 0 aliphatic carbocycles. The number of hydrogen-bond acceptors (Lipinski definition) is 5. The SMILES string of the molecule is FC(F)(F)c1nc2cccc(N3CCCCC3)c2c(-c2ccccc2)c1-n1cnnn1. The van der Waals surface area contributed by atoms with Crippen LogP contribution in [0.1, 0.15) is 25.0 Å². The highest BCUT2D eigenvalue weighted by Crippen LogP contribution is 2.44. The van der Waals surface area contributed by atoms with Gasteiger partial charge in [0, 0.05) is 29.7 Å². The van der Waals surface area contributed by atoms with E-state index in [1.807, 2.05) is 24.3 Å². The lowest BCUT2D eigenvalue weighted by atomic mass is 9.95. The van der Waals surface area contributed by atoms with Gasteiger partial charge in [-0.3, -0.25) is 0 Å². The van der Waals surface area contributed by atoms with Gasteiger partial charge in [0.1, 0.15) is 12.0 Å². The predicted octanol–water partition coefficient (Wildman–Crippen LogP) is 4.89. The Morgan fingerprint density at radius 2 is 1.65 bits per heavy atom. The van der Waals surface area contributed by atoms with Crippen molar-refractivity contribution < 1.29 is 13.2 Å². The van der Waals surface area contributed by atoms with E-state index in [0.717, 1.165) is 42.7 Å². The van der Waals surface area contributed by atoms with E-state index in [2.05, 4.69) is 25.4 Å². The predicted molar refractivity (Wildman–Crippen MR) is 111 cm³/mol. The Morgan fingerprint density at radius 1 is 0.871 bits per heavy atom. The number of nitrogens with zero attached hydrogens (tertiary/aromatic N) is 6. The molecule has 1 fully saturated rings. The van der Waals surface area contributed by atoms with Crippen LogP contribution in [0.5, 0.6) is 0 Å². The van der Waals surface area contributed by atoms with Crippen molar-refractivity contribution in [3.8, 4) is 16.8 Å². The average molecular weight is 424 g/mol. The molecule has 4 aromatic rings. The number of aromatic nitrogens is 5. The normalized spacial score (nSPS) is 14.9. The first kappa shape index (κ1) is 19.5. The zero-order valence-corrected chi connectivity index (χ0v) is 16.5. The minimum absolute atomic E-state index is 0.166. The second-order valence-corrected chi connectivity index (χ2v) is 7.52. The van der Waals surface area contributed by atoms with Gasteiger partial charge in [0.25, 0.3) is 0 Å². The summed E-state index contributed by atoms with van der Waals surface area (Å²) in [6.07, 6.45) is -0.261. The number of piperidine rings is 1. The number of tetrazole rings is 1. The van der Waals surface area contributed by atoms with Crippen LogP contribution in [0.15, 0.2) is 54.9 Å². The van der Waals surface area contributed by atoms with Crippen LogP contribution in [0.25, 0.3) is 27.7 Å². The lowest BCUT2D eigenvalue weighted by molar-refractivity contribution is -0.140. The number of rotatable bonds is 3. The van der Waals surface area contributed by atoms with Crippen LogP contribution in [0.3, 0.4) is 0 Å². The maximum absolute atomic E-state index is 14.2. The molecule has 31 heavy (non-hydrogen) atoms. The molecular formula is C22H19F3N6. The lowest BCUT2D eigenvalue weighted by Gasteiger charge is -2.31. The average Bonchev–Trinajstić information content (AvgIpc) is 3.32. The van der Waals surface area contributed by atoms with Crippen molar-refractivity contribution in [2.24, 2.45) is 0 Å². The van der Waals surface area contributed by atoms with Crippen molar-refractivity contribution in [1.29, 1.82) is 0 Å². The topological polar surface area (TPSA) is 59.7 Å². The minimum atomic E-state index is -4.68. The van der Waals surface area contributed by atoms with Crippen LogP contribution in [-0.2, 0) is 6.18 Å². The Labute approximate surface area is 176 Å². The van der Waals surface area contributed by atoms with Gasteiger partial charge in [-0.2, -0.15) is 17.9 Å². The number of anilines is 1. The molecule has 1 aliphatic rings. The van der Waals surface area contributed by atoms with Gasteiger partial charge >= 0.3 is 6.18 Å². The van der Waals surface area contributed by atoms with Crippen molar-refractivity contribution >= 4 is 16.6 Å². The summed E-state index contributed by atoms with van der Waals surface area (Å²) in [6.45, 7) is 1.71. The van der Waals surface area contributed by atoms with Crippen molar-refractivity contribution in [2.75, 3.05) is 18.0 Å². The van der Waals surface area contributed by atoms with E-state index in [1.165, 1.54) is 6.33 Å². The van der Waals surface area contributed by atoms with Crippen LogP contribution >= 0.6 is 0 Å². The fraction of sp³-hybridized carbons (Fsp3) is 0.273. The summed E-state index contributed by atoms with van der Waals surface area (Å²) < 4.78 is 43.6. The highest BCUT2D eigenvalue weighted by molar-refractivity contribution is 6.07. The molecule has 0 unspecified atom stereocenters. The molecule has 1 aliphatic heterocycles. The zero-order chi connectivity index (χ0) is 21.4. The second kappa shape index (κ2) is 7.64. The quantitative estimate of drug-likeness (QED) is 0.469. The molecule has 2 aromatic carbocycles. The minimum Gasteiger partial charge on any atom is -0.371 e. The first-order chi connectivity index (χ1) is 15.0. The number of alkyl halides is 3. The fourth-order valence-corrected chi connectivity index (χ4v) is 4.26. The van der Waals surface area contributed by atoms with Crippen molar-refractivity contribution in [3.63, 3.8) is 0 Å². The van der Waals surface area contributed by atoms with E-state index in [4.69, 9.17) is 0 Å². The van der Waals surface area contributed by atoms with Crippen molar-refractivity contribution in [1.82, 2.24) is 25.2 Å². The van der Waals surface area contributed by atoms with Crippen LogP contribution in [0, 0.1) is 0 Å². The maximum Gasteiger partial charge on any atom is 0.435 e. The summed E-state index contributed by atoms with van der Waals surface area (Å²) in [7, 11) is 0. The number of halogens is 3. The molecule has 0 bridgehead atoms. The third-order valence-electron chi connectivity index (χ3n) is 5.57. The standard InChI is InChI=1S/C22H19F3N6/c23-22(24,25)21-20(31-14-26-28-29-31)18(15-8-3-1-4-9-15)19-16(27-21)10-7-11-17(19)30-12-5-2-6-13-30/h1,3-4,7-11,14H,2,5-6,12-13H2. The molecule has 5 rings (SSSR count). The Hall–Kier alpha value is -3.49. The molecule has 3 heterocycles. The van der Waals surface area contributed by atoms with Crippen LogP contribution in [0.4, 0.5) is 18.9 Å². The third-order valence-corrected chi connectivity index (χ3v) is 5.57. The molecule has 158 valence electrons. The van der Waals surface area contributed by atoms with Gasteiger partial charge in [-0.05, 0) is 47.4 Å². The van der Waals surface area contributed by atoms with E-state index in [1.54, 1.807) is 24.3 Å². The van der Waals surface area contributed by atoms with Gasteiger partial charge in [-0.15, -0.1) is 5.10 Å². The fourth-order valence-electron chi connectivity index (χ4n) is 4.26. The summed E-state index contributed by atoms with van der Waals surface area (Å²) in [4.78, 5) is 6.31. The Morgan fingerprint density at radius 3 is 2.32 bits per heavy atom. The maximum atomic E-state index is 14.2. The molecule has 6 nitrogen and oxygen atoms in total. The highest BCUT2D eigenvalue weighted by Gasteiger charge is 2.39. The van der Waals surface area contributed by atoms with Crippen LogP contribution in [-0.4, -0.2) is 38.3 Å². The molecule has 0 spiro atoms. The highest BCUT2D eigenvalue weighted by atomic mass is 19.4. The van der Waals surface area contributed by atoms with E-state index in [9.17, 15) is 13.2 Å². The molecule has 0 atom stereocenters. The monoisotopic (exact) mass is 424 g/mol. The number of benzene rings is 2. The van der Waals surface area contributed by atoms with E-state index >= 15 is 0 Å². The summed E-state index contributed by atoms with van der Waals surface area (Å²) in [5.41, 5.74) is 1.07. The molecular weight excluding hydrogens is 405 g/mol. The summed E-state index contributed by atoms with van der Waals surface area (Å²) in [5.74, 6) is 0.